The summed E-state index contributed by atoms with van der Waals surface area (Å²) >= 11 is 0. The van der Waals surface area contributed by atoms with E-state index in [0.717, 1.165) is 5.92 Å². The van der Waals surface area contributed by atoms with E-state index in [4.69, 9.17) is 4.74 Å². The summed E-state index contributed by atoms with van der Waals surface area (Å²) in [5.41, 5.74) is 0. The average molecular weight is 242 g/mol. The Balaban J connectivity index is 3.88. The zero-order valence-corrected chi connectivity index (χ0v) is 13.0. The Hall–Kier alpha value is -0.0400. The Morgan fingerprint density at radius 3 is 2.00 bits per heavy atom. The molecular formula is C16H34O. The molecule has 0 saturated heterocycles. The molecule has 0 fully saturated rings. The predicted octanol–water partition coefficient (Wildman–Crippen LogP) is 5.43. The number of ether oxygens (including phenoxy) is 1. The summed E-state index contributed by atoms with van der Waals surface area (Å²) in [6, 6.07) is 0. The van der Waals surface area contributed by atoms with Gasteiger partial charge in [0, 0.05) is 0 Å². The number of hydrogen-bond donors (Lipinski definition) is 0. The molecule has 0 radical (unpaired) electrons. The summed E-state index contributed by atoms with van der Waals surface area (Å²) in [6.07, 6.45) is 8.53. The molecule has 0 aromatic rings. The van der Waals surface area contributed by atoms with Crippen molar-refractivity contribution in [1.82, 2.24) is 0 Å². The lowest BCUT2D eigenvalue weighted by molar-refractivity contribution is -0.0324. The lowest BCUT2D eigenvalue weighted by atomic mass is 9.95. The SMILES string of the molecule is CCCCC(C)C(C)OC(C)CC(CC)CC. The van der Waals surface area contributed by atoms with Crippen LogP contribution in [-0.2, 0) is 4.74 Å². The molecule has 3 unspecified atom stereocenters. The van der Waals surface area contributed by atoms with Crippen LogP contribution in [0.25, 0.3) is 0 Å². The van der Waals surface area contributed by atoms with Crippen LogP contribution in [-0.4, -0.2) is 12.2 Å². The fraction of sp³-hybridized carbons (Fsp3) is 1.00. The van der Waals surface area contributed by atoms with Gasteiger partial charge in [0.25, 0.3) is 0 Å². The standard InChI is InChI=1S/C16H34O/c1-7-10-11-13(4)15(6)17-14(5)12-16(8-2)9-3/h13-16H,7-12H2,1-6H3. The van der Waals surface area contributed by atoms with Gasteiger partial charge in [-0.15, -0.1) is 0 Å². The van der Waals surface area contributed by atoms with Crippen LogP contribution in [0.1, 0.15) is 80.1 Å². The van der Waals surface area contributed by atoms with Gasteiger partial charge >= 0.3 is 0 Å². The third kappa shape index (κ3) is 7.81. The molecule has 104 valence electrons. The van der Waals surface area contributed by atoms with Crippen molar-refractivity contribution in [2.24, 2.45) is 11.8 Å². The van der Waals surface area contributed by atoms with Crippen LogP contribution in [0.5, 0.6) is 0 Å². The fourth-order valence-electron chi connectivity index (χ4n) is 2.41. The minimum absolute atomic E-state index is 0.408. The third-order valence-electron chi connectivity index (χ3n) is 4.08. The quantitative estimate of drug-likeness (QED) is 0.496. The van der Waals surface area contributed by atoms with Gasteiger partial charge in [0.15, 0.2) is 0 Å². The second-order valence-electron chi connectivity index (χ2n) is 5.69. The molecule has 17 heavy (non-hydrogen) atoms. The van der Waals surface area contributed by atoms with Gasteiger partial charge in [0.1, 0.15) is 0 Å². The highest BCUT2D eigenvalue weighted by atomic mass is 16.5. The van der Waals surface area contributed by atoms with Crippen molar-refractivity contribution >= 4 is 0 Å². The van der Waals surface area contributed by atoms with Gasteiger partial charge in [-0.1, -0.05) is 53.4 Å². The minimum atomic E-state index is 0.408. The maximum atomic E-state index is 6.14. The minimum Gasteiger partial charge on any atom is -0.375 e. The molecule has 3 atom stereocenters. The summed E-state index contributed by atoms with van der Waals surface area (Å²) in [7, 11) is 0. The van der Waals surface area contributed by atoms with Crippen molar-refractivity contribution in [2.75, 3.05) is 0 Å². The molecule has 0 aromatic carbocycles. The first kappa shape index (κ1) is 17.0. The van der Waals surface area contributed by atoms with Crippen molar-refractivity contribution < 1.29 is 4.74 Å². The number of hydrogen-bond acceptors (Lipinski definition) is 1. The molecule has 0 rings (SSSR count). The third-order valence-corrected chi connectivity index (χ3v) is 4.08. The van der Waals surface area contributed by atoms with Gasteiger partial charge in [-0.3, -0.25) is 0 Å². The van der Waals surface area contributed by atoms with Crippen molar-refractivity contribution in [3.05, 3.63) is 0 Å². The highest BCUT2D eigenvalue weighted by molar-refractivity contribution is 4.66. The normalized spacial score (nSPS) is 17.1. The van der Waals surface area contributed by atoms with Crippen molar-refractivity contribution in [3.63, 3.8) is 0 Å². The summed E-state index contributed by atoms with van der Waals surface area (Å²) in [6.45, 7) is 13.6. The van der Waals surface area contributed by atoms with E-state index in [0.29, 0.717) is 18.1 Å². The highest BCUT2D eigenvalue weighted by Gasteiger charge is 2.17. The molecule has 0 heterocycles. The molecule has 0 N–H and O–H groups in total. The maximum absolute atomic E-state index is 6.14. The van der Waals surface area contributed by atoms with Gasteiger partial charge in [-0.2, -0.15) is 0 Å². The molecule has 0 saturated carbocycles. The zero-order valence-electron chi connectivity index (χ0n) is 13.0. The van der Waals surface area contributed by atoms with Gasteiger partial charge in [0.2, 0.25) is 0 Å². The molecule has 1 nitrogen and oxygen atoms in total. The summed E-state index contributed by atoms with van der Waals surface area (Å²) < 4.78 is 6.14. The lowest BCUT2D eigenvalue weighted by Crippen LogP contribution is -2.25. The second-order valence-corrected chi connectivity index (χ2v) is 5.69. The monoisotopic (exact) mass is 242 g/mol. The Bertz CT molecular complexity index is 163. The molecule has 0 amide bonds. The van der Waals surface area contributed by atoms with Crippen molar-refractivity contribution in [3.8, 4) is 0 Å². The number of rotatable bonds is 10. The first-order valence-electron chi connectivity index (χ1n) is 7.70. The molecule has 0 bridgehead atoms. The first-order valence-corrected chi connectivity index (χ1v) is 7.70. The molecule has 0 aliphatic rings. The summed E-state index contributed by atoms with van der Waals surface area (Å²) in [4.78, 5) is 0. The fourth-order valence-corrected chi connectivity index (χ4v) is 2.41. The Morgan fingerprint density at radius 1 is 0.941 bits per heavy atom. The van der Waals surface area contributed by atoms with Crippen LogP contribution < -0.4 is 0 Å². The van der Waals surface area contributed by atoms with Gasteiger partial charge in [-0.25, -0.2) is 0 Å². The van der Waals surface area contributed by atoms with Gasteiger partial charge in [0.05, 0.1) is 12.2 Å². The summed E-state index contributed by atoms with van der Waals surface area (Å²) in [5.74, 6) is 1.53. The zero-order chi connectivity index (χ0) is 13.3. The van der Waals surface area contributed by atoms with E-state index in [1.807, 2.05) is 0 Å². The molecule has 0 aliphatic carbocycles. The molecule has 0 aromatic heterocycles. The van der Waals surface area contributed by atoms with Crippen molar-refractivity contribution in [1.29, 1.82) is 0 Å². The highest BCUT2D eigenvalue weighted by Crippen LogP contribution is 2.21. The van der Waals surface area contributed by atoms with E-state index < -0.39 is 0 Å². The topological polar surface area (TPSA) is 9.23 Å². The van der Waals surface area contributed by atoms with Crippen LogP contribution in [0.15, 0.2) is 0 Å². The van der Waals surface area contributed by atoms with Crippen LogP contribution in [0.2, 0.25) is 0 Å². The maximum Gasteiger partial charge on any atom is 0.0576 e. The number of unbranched alkanes of at least 4 members (excludes halogenated alkanes) is 1. The van der Waals surface area contributed by atoms with E-state index in [1.165, 1.54) is 38.5 Å². The molecular weight excluding hydrogens is 208 g/mol. The van der Waals surface area contributed by atoms with Crippen molar-refractivity contribution in [2.45, 2.75) is 92.3 Å². The van der Waals surface area contributed by atoms with E-state index in [2.05, 4.69) is 41.5 Å². The smallest absolute Gasteiger partial charge is 0.0576 e. The van der Waals surface area contributed by atoms with E-state index in [1.54, 1.807) is 0 Å². The Labute approximate surface area is 109 Å². The molecule has 0 spiro atoms. The van der Waals surface area contributed by atoms with E-state index in [9.17, 15) is 0 Å². The van der Waals surface area contributed by atoms with E-state index >= 15 is 0 Å². The largest absolute Gasteiger partial charge is 0.375 e. The Kier molecular flexibility index (Phi) is 9.91. The first-order chi connectivity index (χ1) is 8.04. The van der Waals surface area contributed by atoms with Gasteiger partial charge < -0.3 is 4.74 Å². The summed E-state index contributed by atoms with van der Waals surface area (Å²) in [5, 5.41) is 0. The van der Waals surface area contributed by atoms with Crippen LogP contribution in [0.3, 0.4) is 0 Å². The Morgan fingerprint density at radius 2 is 1.53 bits per heavy atom. The lowest BCUT2D eigenvalue weighted by Gasteiger charge is -2.26. The van der Waals surface area contributed by atoms with E-state index in [-0.39, 0.29) is 0 Å². The van der Waals surface area contributed by atoms with Gasteiger partial charge in [-0.05, 0) is 38.5 Å². The molecule has 0 aliphatic heterocycles. The van der Waals surface area contributed by atoms with Crippen LogP contribution in [0, 0.1) is 11.8 Å². The average Bonchev–Trinajstić information content (AvgIpc) is 2.32. The predicted molar refractivity (Wildman–Crippen MR) is 77.4 cm³/mol. The van der Waals surface area contributed by atoms with Crippen LogP contribution >= 0.6 is 0 Å². The van der Waals surface area contributed by atoms with Crippen LogP contribution in [0.4, 0.5) is 0 Å². The second kappa shape index (κ2) is 9.94. The molecule has 1 heteroatoms.